The molecule has 1 aromatic rings. The number of amides is 2. The number of hydrazine groups is 1. The van der Waals surface area contributed by atoms with Gasteiger partial charge in [-0.25, -0.2) is 10.0 Å². The Kier molecular flexibility index (Phi) is 5.14. The van der Waals surface area contributed by atoms with E-state index in [2.05, 4.69) is 6.92 Å². The van der Waals surface area contributed by atoms with Crippen molar-refractivity contribution in [1.82, 2.24) is 10.0 Å². The lowest BCUT2D eigenvalue weighted by Gasteiger charge is -2.34. The van der Waals surface area contributed by atoms with Crippen LogP contribution >= 0.6 is 0 Å². The molecule has 0 atom stereocenters. The summed E-state index contributed by atoms with van der Waals surface area (Å²) in [6.45, 7) is 6.84. The molecule has 0 saturated carbocycles. The molecule has 0 radical (unpaired) electrons. The van der Waals surface area contributed by atoms with Gasteiger partial charge in [-0.05, 0) is 31.9 Å². The van der Waals surface area contributed by atoms with E-state index in [4.69, 9.17) is 0 Å². The zero-order valence-corrected chi connectivity index (χ0v) is 13.6. The van der Waals surface area contributed by atoms with E-state index in [0.29, 0.717) is 6.42 Å². The smallest absolute Gasteiger partial charge is 0.268 e. The average Bonchev–Trinajstić information content (AvgIpc) is 2.72. The van der Waals surface area contributed by atoms with Crippen molar-refractivity contribution in [3.8, 4) is 0 Å². The molecule has 0 spiro atoms. The van der Waals surface area contributed by atoms with Gasteiger partial charge >= 0.3 is 0 Å². The van der Waals surface area contributed by atoms with E-state index in [1.807, 2.05) is 49.2 Å². The summed E-state index contributed by atoms with van der Waals surface area (Å²) in [6.07, 6.45) is 5.60. The number of carbonyl (C=O) groups is 2. The lowest BCUT2D eigenvalue weighted by Crippen LogP contribution is -2.49. The van der Waals surface area contributed by atoms with E-state index >= 15 is 0 Å². The number of unbranched alkanes of at least 4 members (excludes halogenated alkanes) is 1. The summed E-state index contributed by atoms with van der Waals surface area (Å²) in [5, 5.41) is 3.23. The van der Waals surface area contributed by atoms with E-state index in [1.54, 1.807) is 6.08 Å². The minimum atomic E-state index is -0.303. The quantitative estimate of drug-likeness (QED) is 0.784. The third-order valence-corrected chi connectivity index (χ3v) is 3.91. The first kappa shape index (κ1) is 16.4. The molecular weight excluding hydrogens is 276 g/mol. The van der Waals surface area contributed by atoms with Gasteiger partial charge in [0.1, 0.15) is 0 Å². The fraction of sp³-hybridized carbons (Fsp3) is 0.444. The van der Waals surface area contributed by atoms with Crippen LogP contribution in [-0.4, -0.2) is 33.9 Å². The number of hydrogen-bond donors (Lipinski definition) is 0. The SMILES string of the molecule is CCCCN1N(C(=O)/C=C/c2ccccc2)C(=O)CC1(C)C. The summed E-state index contributed by atoms with van der Waals surface area (Å²) in [6, 6.07) is 9.62. The zero-order valence-electron chi connectivity index (χ0n) is 13.6. The van der Waals surface area contributed by atoms with Crippen LogP contribution in [0, 0.1) is 0 Å². The van der Waals surface area contributed by atoms with Gasteiger partial charge < -0.3 is 0 Å². The van der Waals surface area contributed by atoms with Crippen LogP contribution in [-0.2, 0) is 9.59 Å². The molecule has 0 bridgehead atoms. The van der Waals surface area contributed by atoms with Crippen LogP contribution in [0.15, 0.2) is 36.4 Å². The van der Waals surface area contributed by atoms with E-state index in [9.17, 15) is 9.59 Å². The van der Waals surface area contributed by atoms with Crippen LogP contribution in [0.4, 0.5) is 0 Å². The second-order valence-corrected chi connectivity index (χ2v) is 6.25. The number of benzene rings is 1. The molecule has 1 fully saturated rings. The Morgan fingerprint density at radius 1 is 1.27 bits per heavy atom. The molecule has 1 aliphatic rings. The van der Waals surface area contributed by atoms with Crippen molar-refractivity contribution in [3.05, 3.63) is 42.0 Å². The largest absolute Gasteiger partial charge is 0.273 e. The lowest BCUT2D eigenvalue weighted by molar-refractivity contribution is -0.156. The maximum atomic E-state index is 12.5. The highest BCUT2D eigenvalue weighted by Gasteiger charge is 2.45. The molecule has 2 rings (SSSR count). The molecule has 0 unspecified atom stereocenters. The maximum absolute atomic E-state index is 12.5. The molecule has 4 heteroatoms. The molecule has 0 N–H and O–H groups in total. The first-order valence-corrected chi connectivity index (χ1v) is 7.83. The molecular formula is C18H24N2O2. The van der Waals surface area contributed by atoms with Crippen molar-refractivity contribution in [2.45, 2.75) is 45.6 Å². The summed E-state index contributed by atoms with van der Waals surface area (Å²) in [4.78, 5) is 24.7. The molecule has 1 aliphatic heterocycles. The Labute approximate surface area is 132 Å². The zero-order chi connectivity index (χ0) is 16.2. The molecule has 22 heavy (non-hydrogen) atoms. The van der Waals surface area contributed by atoms with Gasteiger partial charge in [-0.3, -0.25) is 9.59 Å². The van der Waals surface area contributed by atoms with Gasteiger partial charge in [0.25, 0.3) is 5.91 Å². The third-order valence-electron chi connectivity index (χ3n) is 3.91. The van der Waals surface area contributed by atoms with Gasteiger partial charge in [0.05, 0.1) is 0 Å². The van der Waals surface area contributed by atoms with Crippen LogP contribution in [0.25, 0.3) is 6.08 Å². The Hall–Kier alpha value is -1.94. The first-order chi connectivity index (χ1) is 10.5. The number of rotatable bonds is 5. The second-order valence-electron chi connectivity index (χ2n) is 6.25. The monoisotopic (exact) mass is 300 g/mol. The van der Waals surface area contributed by atoms with Crippen molar-refractivity contribution < 1.29 is 9.59 Å². The highest BCUT2D eigenvalue weighted by Crippen LogP contribution is 2.30. The standard InChI is InChI=1S/C18H24N2O2/c1-4-5-13-19-18(2,3)14-17(22)20(19)16(21)12-11-15-9-7-6-8-10-15/h6-12H,4-5,13-14H2,1-3H3/b12-11+. The number of hydrogen-bond acceptors (Lipinski definition) is 3. The van der Waals surface area contributed by atoms with Crippen molar-refractivity contribution in [1.29, 1.82) is 0 Å². The summed E-state index contributed by atoms with van der Waals surface area (Å²) >= 11 is 0. The average molecular weight is 300 g/mol. The first-order valence-electron chi connectivity index (χ1n) is 7.83. The fourth-order valence-corrected chi connectivity index (χ4v) is 2.70. The Morgan fingerprint density at radius 3 is 2.59 bits per heavy atom. The molecule has 2 amide bonds. The van der Waals surface area contributed by atoms with Gasteiger partial charge in [-0.1, -0.05) is 43.7 Å². The minimum Gasteiger partial charge on any atom is -0.273 e. The lowest BCUT2D eigenvalue weighted by atomic mass is 10.0. The summed E-state index contributed by atoms with van der Waals surface area (Å²) in [5.74, 6) is -0.389. The molecule has 1 saturated heterocycles. The van der Waals surface area contributed by atoms with Crippen LogP contribution in [0.2, 0.25) is 0 Å². The normalized spacial score (nSPS) is 18.3. The molecule has 1 heterocycles. The fourth-order valence-electron chi connectivity index (χ4n) is 2.70. The molecule has 118 valence electrons. The van der Waals surface area contributed by atoms with Gasteiger partial charge in [0.15, 0.2) is 0 Å². The predicted octanol–water partition coefficient (Wildman–Crippen LogP) is 3.25. The number of imide groups is 1. The van der Waals surface area contributed by atoms with E-state index in [0.717, 1.165) is 24.9 Å². The highest BCUT2D eigenvalue weighted by atomic mass is 16.2. The van der Waals surface area contributed by atoms with Crippen LogP contribution < -0.4 is 0 Å². The Balaban J connectivity index is 2.15. The van der Waals surface area contributed by atoms with Gasteiger partial charge in [-0.2, -0.15) is 0 Å². The number of nitrogens with zero attached hydrogens (tertiary/aromatic N) is 2. The molecule has 4 nitrogen and oxygen atoms in total. The molecule has 0 aromatic heterocycles. The van der Waals surface area contributed by atoms with Crippen molar-refractivity contribution in [3.63, 3.8) is 0 Å². The topological polar surface area (TPSA) is 40.6 Å². The third kappa shape index (κ3) is 3.63. The summed E-state index contributed by atoms with van der Waals surface area (Å²) in [7, 11) is 0. The second kappa shape index (κ2) is 6.88. The minimum absolute atomic E-state index is 0.121. The Morgan fingerprint density at radius 2 is 1.95 bits per heavy atom. The van der Waals surface area contributed by atoms with Crippen LogP contribution in [0.3, 0.4) is 0 Å². The molecule has 1 aromatic carbocycles. The van der Waals surface area contributed by atoms with E-state index < -0.39 is 0 Å². The van der Waals surface area contributed by atoms with Gasteiger partial charge in [0.2, 0.25) is 5.91 Å². The van der Waals surface area contributed by atoms with Gasteiger partial charge in [-0.15, -0.1) is 0 Å². The van der Waals surface area contributed by atoms with Crippen molar-refractivity contribution >= 4 is 17.9 Å². The van der Waals surface area contributed by atoms with E-state index in [-0.39, 0.29) is 17.4 Å². The maximum Gasteiger partial charge on any atom is 0.268 e. The van der Waals surface area contributed by atoms with Crippen molar-refractivity contribution in [2.75, 3.05) is 6.54 Å². The van der Waals surface area contributed by atoms with Crippen LogP contribution in [0.1, 0.15) is 45.6 Å². The predicted molar refractivity (Wildman–Crippen MR) is 87.6 cm³/mol. The Bertz CT molecular complexity index is 564. The van der Waals surface area contributed by atoms with Crippen LogP contribution in [0.5, 0.6) is 0 Å². The van der Waals surface area contributed by atoms with Crippen molar-refractivity contribution in [2.24, 2.45) is 0 Å². The number of carbonyl (C=O) groups excluding carboxylic acids is 2. The van der Waals surface area contributed by atoms with Gasteiger partial charge in [0, 0.05) is 24.6 Å². The summed E-state index contributed by atoms with van der Waals surface area (Å²) in [5.41, 5.74) is 0.643. The van der Waals surface area contributed by atoms with E-state index in [1.165, 1.54) is 11.1 Å². The highest BCUT2D eigenvalue weighted by molar-refractivity contribution is 6.03. The summed E-state index contributed by atoms with van der Waals surface area (Å²) < 4.78 is 0. The molecule has 0 aliphatic carbocycles.